The second-order valence-corrected chi connectivity index (χ2v) is 6.05. The van der Waals surface area contributed by atoms with Crippen LogP contribution in [0.15, 0.2) is 45.8 Å². The van der Waals surface area contributed by atoms with Crippen LogP contribution in [0, 0.1) is 0 Å². The molecule has 1 N–H and O–H groups in total. The molecule has 0 unspecified atom stereocenters. The number of amides is 2. The Hall–Kier alpha value is -2.41. The molecule has 6 nitrogen and oxygen atoms in total. The number of anilines is 1. The fourth-order valence-corrected chi connectivity index (χ4v) is 2.48. The zero-order chi connectivity index (χ0) is 17.1. The molecule has 1 aromatic carbocycles. The first-order chi connectivity index (χ1) is 10.8. The highest BCUT2D eigenvalue weighted by Crippen LogP contribution is 2.17. The Morgan fingerprint density at radius 1 is 1.22 bits per heavy atom. The van der Waals surface area contributed by atoms with E-state index in [1.54, 1.807) is 38.4 Å². The topological polar surface area (TPSA) is 71.4 Å². The van der Waals surface area contributed by atoms with Gasteiger partial charge in [-0.1, -0.05) is 12.1 Å². The van der Waals surface area contributed by atoms with Crippen LogP contribution < -0.4 is 10.9 Å². The van der Waals surface area contributed by atoms with Gasteiger partial charge in [-0.15, -0.1) is 0 Å². The Balaban J connectivity index is 2.40. The number of aromatic nitrogens is 1. The molecule has 0 aliphatic heterocycles. The maximum absolute atomic E-state index is 12.3. The van der Waals surface area contributed by atoms with Crippen LogP contribution in [0.5, 0.6) is 0 Å². The average Bonchev–Trinajstić information content (AvgIpc) is 2.51. The third kappa shape index (κ3) is 3.68. The van der Waals surface area contributed by atoms with Crippen LogP contribution in [0.3, 0.4) is 0 Å². The first-order valence-electron chi connectivity index (χ1n) is 6.79. The normalized spacial score (nSPS) is 10.3. The van der Waals surface area contributed by atoms with Crippen LogP contribution >= 0.6 is 15.9 Å². The second kappa shape index (κ2) is 6.78. The van der Waals surface area contributed by atoms with Gasteiger partial charge in [0.15, 0.2) is 0 Å². The Morgan fingerprint density at radius 2 is 1.87 bits per heavy atom. The van der Waals surface area contributed by atoms with E-state index in [1.165, 1.54) is 28.8 Å². The molecule has 0 aliphatic carbocycles. The van der Waals surface area contributed by atoms with Crippen molar-refractivity contribution >= 4 is 33.4 Å². The maximum atomic E-state index is 12.3. The Bertz CT molecular complexity index is 828. The predicted molar refractivity (Wildman–Crippen MR) is 91.8 cm³/mol. The van der Waals surface area contributed by atoms with Crippen molar-refractivity contribution in [1.82, 2.24) is 9.47 Å². The maximum Gasteiger partial charge on any atom is 0.274 e. The van der Waals surface area contributed by atoms with Gasteiger partial charge in [0.2, 0.25) is 0 Å². The monoisotopic (exact) mass is 377 g/mol. The van der Waals surface area contributed by atoms with E-state index in [0.29, 0.717) is 15.6 Å². The molecule has 120 valence electrons. The molecule has 2 aromatic rings. The smallest absolute Gasteiger partial charge is 0.274 e. The first-order valence-corrected chi connectivity index (χ1v) is 7.58. The molecule has 0 saturated heterocycles. The van der Waals surface area contributed by atoms with Gasteiger partial charge in [0.1, 0.15) is 5.69 Å². The van der Waals surface area contributed by atoms with Crippen LogP contribution in [0.4, 0.5) is 5.69 Å². The fraction of sp³-hybridized carbons (Fsp3) is 0.188. The summed E-state index contributed by atoms with van der Waals surface area (Å²) in [6.45, 7) is 0. The van der Waals surface area contributed by atoms with E-state index in [9.17, 15) is 14.4 Å². The van der Waals surface area contributed by atoms with Crippen molar-refractivity contribution in [2.75, 3.05) is 19.4 Å². The van der Waals surface area contributed by atoms with Crippen molar-refractivity contribution in [3.63, 3.8) is 0 Å². The Kier molecular flexibility index (Phi) is 5.00. The van der Waals surface area contributed by atoms with Gasteiger partial charge in [0.25, 0.3) is 17.4 Å². The van der Waals surface area contributed by atoms with E-state index in [2.05, 4.69) is 21.2 Å². The van der Waals surface area contributed by atoms with Gasteiger partial charge in [0, 0.05) is 31.8 Å². The lowest BCUT2D eigenvalue weighted by molar-refractivity contribution is 0.0826. The molecule has 1 heterocycles. The summed E-state index contributed by atoms with van der Waals surface area (Å²) in [5.41, 5.74) is 0.389. The summed E-state index contributed by atoms with van der Waals surface area (Å²) < 4.78 is 1.89. The minimum absolute atomic E-state index is 0.0564. The predicted octanol–water partition coefficient (Wildman–Crippen LogP) is 2.10. The van der Waals surface area contributed by atoms with E-state index >= 15 is 0 Å². The summed E-state index contributed by atoms with van der Waals surface area (Å²) in [4.78, 5) is 38.0. The molecule has 0 bridgehead atoms. The third-order valence-electron chi connectivity index (χ3n) is 3.20. The SMILES string of the molecule is CN(C)C(=O)c1cc(NC(=O)c2ccccc2Br)c(=O)n(C)c1. The molecular weight excluding hydrogens is 362 g/mol. The van der Waals surface area contributed by atoms with Gasteiger partial charge in [-0.3, -0.25) is 14.4 Å². The standard InChI is InChI=1S/C16H16BrN3O3/c1-19(2)15(22)10-8-13(16(23)20(3)9-10)18-14(21)11-6-4-5-7-12(11)17/h4-9H,1-3H3,(H,18,21). The number of pyridine rings is 1. The molecule has 1 aromatic heterocycles. The van der Waals surface area contributed by atoms with Crippen molar-refractivity contribution in [2.24, 2.45) is 7.05 Å². The molecule has 0 saturated carbocycles. The number of aryl methyl sites for hydroxylation is 1. The molecule has 2 amide bonds. The molecule has 0 atom stereocenters. The summed E-state index contributed by atoms with van der Waals surface area (Å²) in [6, 6.07) is 8.27. The van der Waals surface area contributed by atoms with Crippen LogP contribution in [0.2, 0.25) is 0 Å². The zero-order valence-corrected chi connectivity index (χ0v) is 14.5. The number of benzene rings is 1. The molecule has 0 aliphatic rings. The quantitative estimate of drug-likeness (QED) is 0.889. The largest absolute Gasteiger partial charge is 0.345 e. The number of carbonyl (C=O) groups is 2. The summed E-state index contributed by atoms with van der Waals surface area (Å²) in [5.74, 6) is -0.680. The summed E-state index contributed by atoms with van der Waals surface area (Å²) >= 11 is 3.30. The van der Waals surface area contributed by atoms with Gasteiger partial charge in [0.05, 0.1) is 11.1 Å². The lowest BCUT2D eigenvalue weighted by Gasteiger charge is -2.13. The molecule has 0 fully saturated rings. The highest BCUT2D eigenvalue weighted by Gasteiger charge is 2.16. The third-order valence-corrected chi connectivity index (χ3v) is 3.89. The molecule has 0 radical (unpaired) electrons. The number of hydrogen-bond donors (Lipinski definition) is 1. The fourth-order valence-electron chi connectivity index (χ4n) is 2.01. The van der Waals surface area contributed by atoms with E-state index in [1.807, 2.05) is 0 Å². The van der Waals surface area contributed by atoms with Crippen molar-refractivity contribution in [3.05, 3.63) is 62.5 Å². The van der Waals surface area contributed by atoms with Crippen LogP contribution in [-0.4, -0.2) is 35.4 Å². The lowest BCUT2D eigenvalue weighted by atomic mass is 10.2. The summed E-state index contributed by atoms with van der Waals surface area (Å²) in [5, 5.41) is 2.57. The van der Waals surface area contributed by atoms with Crippen molar-refractivity contribution < 1.29 is 9.59 Å². The highest BCUT2D eigenvalue weighted by molar-refractivity contribution is 9.10. The summed E-state index contributed by atoms with van der Waals surface area (Å²) in [6.07, 6.45) is 1.44. The molecule has 7 heteroatoms. The number of nitrogens with zero attached hydrogens (tertiary/aromatic N) is 2. The number of nitrogens with one attached hydrogen (secondary N) is 1. The van der Waals surface area contributed by atoms with E-state index < -0.39 is 5.91 Å². The van der Waals surface area contributed by atoms with E-state index in [-0.39, 0.29) is 17.2 Å². The molecule has 23 heavy (non-hydrogen) atoms. The van der Waals surface area contributed by atoms with Crippen molar-refractivity contribution in [3.8, 4) is 0 Å². The minimum atomic E-state index is -0.427. The highest BCUT2D eigenvalue weighted by atomic mass is 79.9. The van der Waals surface area contributed by atoms with E-state index in [4.69, 9.17) is 0 Å². The van der Waals surface area contributed by atoms with Gasteiger partial charge in [-0.05, 0) is 34.1 Å². The minimum Gasteiger partial charge on any atom is -0.345 e. The number of rotatable bonds is 3. The van der Waals surface area contributed by atoms with Gasteiger partial charge in [-0.25, -0.2) is 0 Å². The lowest BCUT2D eigenvalue weighted by Crippen LogP contribution is -2.28. The average molecular weight is 378 g/mol. The van der Waals surface area contributed by atoms with Crippen LogP contribution in [0.1, 0.15) is 20.7 Å². The number of halogens is 1. The zero-order valence-electron chi connectivity index (χ0n) is 13.0. The molecular formula is C16H16BrN3O3. The summed E-state index contributed by atoms with van der Waals surface area (Å²) in [7, 11) is 4.77. The first kappa shape index (κ1) is 17.0. The van der Waals surface area contributed by atoms with Gasteiger partial charge >= 0.3 is 0 Å². The second-order valence-electron chi connectivity index (χ2n) is 5.19. The van der Waals surface area contributed by atoms with E-state index in [0.717, 1.165) is 0 Å². The van der Waals surface area contributed by atoms with Crippen LogP contribution in [0.25, 0.3) is 0 Å². The van der Waals surface area contributed by atoms with Gasteiger partial charge < -0.3 is 14.8 Å². The molecule has 0 spiro atoms. The Labute approximate surface area is 141 Å². The number of hydrogen-bond acceptors (Lipinski definition) is 3. The Morgan fingerprint density at radius 3 is 2.48 bits per heavy atom. The van der Waals surface area contributed by atoms with Gasteiger partial charge in [-0.2, -0.15) is 0 Å². The van der Waals surface area contributed by atoms with Crippen molar-refractivity contribution in [1.29, 1.82) is 0 Å². The van der Waals surface area contributed by atoms with Crippen molar-refractivity contribution in [2.45, 2.75) is 0 Å². The van der Waals surface area contributed by atoms with Crippen LogP contribution in [-0.2, 0) is 7.05 Å². The molecule has 2 rings (SSSR count). The number of carbonyl (C=O) groups excluding carboxylic acids is 2.